The van der Waals surface area contributed by atoms with Crippen molar-refractivity contribution >= 4 is 6.09 Å². The first-order valence-corrected chi connectivity index (χ1v) is 4.98. The third kappa shape index (κ3) is 2.59. The van der Waals surface area contributed by atoms with Crippen LogP contribution in [-0.2, 0) is 4.74 Å². The van der Waals surface area contributed by atoms with Crippen molar-refractivity contribution in [3.05, 3.63) is 0 Å². The molecular weight excluding hydrogens is 184 g/mol. The lowest BCUT2D eigenvalue weighted by Gasteiger charge is -2.36. The molecule has 1 aliphatic rings. The predicted octanol–water partition coefficient (Wildman–Crippen LogP) is 0.350. The lowest BCUT2D eigenvalue weighted by atomic mass is 9.94. The minimum Gasteiger partial charge on any atom is -0.465 e. The summed E-state index contributed by atoms with van der Waals surface area (Å²) in [5.41, 5.74) is 5.60. The fourth-order valence-corrected chi connectivity index (χ4v) is 1.81. The van der Waals surface area contributed by atoms with Crippen LogP contribution in [0.2, 0.25) is 0 Å². The van der Waals surface area contributed by atoms with Crippen molar-refractivity contribution in [2.75, 3.05) is 26.2 Å². The fraction of sp³-hybridized carbons (Fsp3) is 0.889. The molecule has 0 bridgehead atoms. The van der Waals surface area contributed by atoms with Gasteiger partial charge in [-0.2, -0.15) is 0 Å². The van der Waals surface area contributed by atoms with Gasteiger partial charge in [0.1, 0.15) is 0 Å². The molecule has 5 heteroatoms. The molecule has 14 heavy (non-hydrogen) atoms. The minimum atomic E-state index is -0.870. The average molecular weight is 202 g/mol. The Bertz CT molecular complexity index is 198. The highest BCUT2D eigenvalue weighted by Crippen LogP contribution is 2.19. The predicted molar refractivity (Wildman–Crippen MR) is 52.2 cm³/mol. The smallest absolute Gasteiger partial charge is 0.407 e. The van der Waals surface area contributed by atoms with Gasteiger partial charge >= 0.3 is 6.09 Å². The van der Waals surface area contributed by atoms with Crippen LogP contribution in [0.4, 0.5) is 4.79 Å². The third-order valence-electron chi connectivity index (χ3n) is 2.65. The Kier molecular flexibility index (Phi) is 4.16. The molecule has 1 fully saturated rings. The molecule has 5 nitrogen and oxygen atoms in total. The molecule has 1 rings (SSSR count). The number of likely N-dealkylation sites (tertiary alicyclic amines) is 1. The first-order chi connectivity index (χ1) is 6.69. The molecule has 2 unspecified atom stereocenters. The van der Waals surface area contributed by atoms with E-state index in [9.17, 15) is 4.79 Å². The molecule has 0 spiro atoms. The summed E-state index contributed by atoms with van der Waals surface area (Å²) >= 11 is 0. The van der Waals surface area contributed by atoms with E-state index in [-0.39, 0.29) is 6.10 Å². The quantitative estimate of drug-likeness (QED) is 0.692. The number of hydrogen-bond donors (Lipinski definition) is 2. The van der Waals surface area contributed by atoms with Gasteiger partial charge < -0.3 is 20.5 Å². The van der Waals surface area contributed by atoms with E-state index in [1.165, 1.54) is 4.90 Å². The summed E-state index contributed by atoms with van der Waals surface area (Å²) in [6.07, 6.45) is -0.104. The normalized spacial score (nSPS) is 27.7. The van der Waals surface area contributed by atoms with Crippen LogP contribution in [0.25, 0.3) is 0 Å². The SMILES string of the molecule is CCOC1CN(C(=O)O)CCC1CN. The Morgan fingerprint density at radius 3 is 2.93 bits per heavy atom. The molecule has 0 saturated carbocycles. The fourth-order valence-electron chi connectivity index (χ4n) is 1.81. The van der Waals surface area contributed by atoms with Crippen LogP contribution >= 0.6 is 0 Å². The van der Waals surface area contributed by atoms with Crippen LogP contribution in [0.1, 0.15) is 13.3 Å². The van der Waals surface area contributed by atoms with Crippen LogP contribution in [0.15, 0.2) is 0 Å². The van der Waals surface area contributed by atoms with Crippen molar-refractivity contribution < 1.29 is 14.6 Å². The van der Waals surface area contributed by atoms with E-state index in [1.807, 2.05) is 6.92 Å². The van der Waals surface area contributed by atoms with E-state index < -0.39 is 6.09 Å². The molecule has 0 radical (unpaired) electrons. The number of nitrogens with two attached hydrogens (primary N) is 1. The molecule has 1 aliphatic heterocycles. The number of hydrogen-bond acceptors (Lipinski definition) is 3. The first kappa shape index (κ1) is 11.3. The van der Waals surface area contributed by atoms with Crippen molar-refractivity contribution in [3.8, 4) is 0 Å². The lowest BCUT2D eigenvalue weighted by molar-refractivity contribution is -0.0249. The van der Waals surface area contributed by atoms with Gasteiger partial charge in [-0.05, 0) is 19.9 Å². The van der Waals surface area contributed by atoms with Crippen LogP contribution in [-0.4, -0.2) is 48.4 Å². The van der Waals surface area contributed by atoms with Gasteiger partial charge in [-0.15, -0.1) is 0 Å². The molecule has 0 aromatic heterocycles. The molecule has 0 aromatic carbocycles. The van der Waals surface area contributed by atoms with Gasteiger partial charge in [-0.3, -0.25) is 0 Å². The van der Waals surface area contributed by atoms with Crippen LogP contribution < -0.4 is 5.73 Å². The number of piperidine rings is 1. The van der Waals surface area contributed by atoms with Gasteiger partial charge in [0.05, 0.1) is 12.6 Å². The highest BCUT2D eigenvalue weighted by Gasteiger charge is 2.30. The van der Waals surface area contributed by atoms with Crippen molar-refractivity contribution in [2.24, 2.45) is 11.7 Å². The lowest BCUT2D eigenvalue weighted by Crippen LogP contribution is -2.49. The minimum absolute atomic E-state index is 0.0325. The summed E-state index contributed by atoms with van der Waals surface area (Å²) in [6, 6.07) is 0. The Morgan fingerprint density at radius 2 is 2.43 bits per heavy atom. The van der Waals surface area contributed by atoms with E-state index in [0.29, 0.717) is 32.2 Å². The van der Waals surface area contributed by atoms with Gasteiger partial charge in [0.25, 0.3) is 0 Å². The van der Waals surface area contributed by atoms with E-state index in [0.717, 1.165) is 6.42 Å². The number of nitrogens with zero attached hydrogens (tertiary/aromatic N) is 1. The van der Waals surface area contributed by atoms with Crippen molar-refractivity contribution in [2.45, 2.75) is 19.4 Å². The number of carboxylic acid groups (broad SMARTS) is 1. The molecule has 2 atom stereocenters. The highest BCUT2D eigenvalue weighted by atomic mass is 16.5. The summed E-state index contributed by atoms with van der Waals surface area (Å²) in [6.45, 7) is 4.10. The molecule has 0 aromatic rings. The zero-order valence-electron chi connectivity index (χ0n) is 8.48. The Labute approximate surface area is 83.8 Å². The number of ether oxygens (including phenoxy) is 1. The molecule has 1 amide bonds. The molecule has 1 heterocycles. The molecule has 3 N–H and O–H groups in total. The molecule has 0 aliphatic carbocycles. The van der Waals surface area contributed by atoms with E-state index in [4.69, 9.17) is 15.6 Å². The highest BCUT2D eigenvalue weighted by molar-refractivity contribution is 5.65. The zero-order chi connectivity index (χ0) is 10.6. The van der Waals surface area contributed by atoms with Crippen molar-refractivity contribution in [1.82, 2.24) is 4.90 Å². The second-order valence-corrected chi connectivity index (χ2v) is 3.51. The van der Waals surface area contributed by atoms with Gasteiger partial charge in [0, 0.05) is 19.1 Å². The second kappa shape index (κ2) is 5.17. The summed E-state index contributed by atoms with van der Waals surface area (Å²) in [7, 11) is 0. The Hall–Kier alpha value is -0.810. The Morgan fingerprint density at radius 1 is 1.71 bits per heavy atom. The standard InChI is InChI=1S/C9H18N2O3/c1-2-14-8-6-11(9(12)13)4-3-7(8)5-10/h7-8H,2-6,10H2,1H3,(H,12,13). The maximum absolute atomic E-state index is 10.7. The van der Waals surface area contributed by atoms with E-state index in [2.05, 4.69) is 0 Å². The van der Waals surface area contributed by atoms with Gasteiger partial charge in [-0.25, -0.2) is 4.79 Å². The van der Waals surface area contributed by atoms with Crippen molar-refractivity contribution in [1.29, 1.82) is 0 Å². The van der Waals surface area contributed by atoms with Crippen LogP contribution in [0, 0.1) is 5.92 Å². The maximum Gasteiger partial charge on any atom is 0.407 e. The summed E-state index contributed by atoms with van der Waals surface area (Å²) in [5, 5.41) is 8.82. The second-order valence-electron chi connectivity index (χ2n) is 3.51. The number of carbonyl (C=O) groups is 1. The summed E-state index contributed by atoms with van der Waals surface area (Å²) < 4.78 is 5.48. The zero-order valence-corrected chi connectivity index (χ0v) is 8.48. The monoisotopic (exact) mass is 202 g/mol. The molecule has 1 saturated heterocycles. The van der Waals surface area contributed by atoms with E-state index >= 15 is 0 Å². The summed E-state index contributed by atoms with van der Waals surface area (Å²) in [5.74, 6) is 0.297. The van der Waals surface area contributed by atoms with Crippen molar-refractivity contribution in [3.63, 3.8) is 0 Å². The van der Waals surface area contributed by atoms with Crippen LogP contribution in [0.3, 0.4) is 0 Å². The largest absolute Gasteiger partial charge is 0.465 e. The van der Waals surface area contributed by atoms with Gasteiger partial charge in [0.15, 0.2) is 0 Å². The Balaban J connectivity index is 2.52. The van der Waals surface area contributed by atoms with Crippen LogP contribution in [0.5, 0.6) is 0 Å². The molecule has 82 valence electrons. The topological polar surface area (TPSA) is 75.8 Å². The van der Waals surface area contributed by atoms with E-state index in [1.54, 1.807) is 0 Å². The summed E-state index contributed by atoms with van der Waals surface area (Å²) in [4.78, 5) is 12.1. The average Bonchev–Trinajstić information content (AvgIpc) is 2.18. The molecular formula is C9H18N2O3. The number of amides is 1. The number of rotatable bonds is 3. The third-order valence-corrected chi connectivity index (χ3v) is 2.65. The van der Waals surface area contributed by atoms with Gasteiger partial charge in [-0.1, -0.05) is 0 Å². The van der Waals surface area contributed by atoms with Gasteiger partial charge in [0.2, 0.25) is 0 Å². The maximum atomic E-state index is 10.7. The first-order valence-electron chi connectivity index (χ1n) is 4.98.